The van der Waals surface area contributed by atoms with Crippen LogP contribution in [0.5, 0.6) is 0 Å². The van der Waals surface area contributed by atoms with E-state index in [1.54, 1.807) is 18.2 Å². The van der Waals surface area contributed by atoms with Crippen LogP contribution < -0.4 is 0 Å². The molecule has 1 aromatic heterocycles. The van der Waals surface area contributed by atoms with Gasteiger partial charge < -0.3 is 4.42 Å². The molecular weight excluding hydrogens is 230 g/mol. The summed E-state index contributed by atoms with van der Waals surface area (Å²) in [6.45, 7) is 0. The number of non-ortho nitro benzene ring substituents is 1. The van der Waals surface area contributed by atoms with Crippen molar-refractivity contribution in [3.63, 3.8) is 0 Å². The van der Waals surface area contributed by atoms with Crippen molar-refractivity contribution in [2.45, 2.75) is 0 Å². The van der Waals surface area contributed by atoms with Crippen LogP contribution in [0.1, 0.15) is 0 Å². The first-order chi connectivity index (χ1) is 8.75. The lowest BCUT2D eigenvalue weighted by molar-refractivity contribution is -0.383. The first-order valence-electron chi connectivity index (χ1n) is 5.48. The number of hydrogen-bond acceptors (Lipinski definition) is 3. The van der Waals surface area contributed by atoms with Crippen molar-refractivity contribution in [3.8, 4) is 11.3 Å². The highest BCUT2D eigenvalue weighted by atomic mass is 16.6. The minimum absolute atomic E-state index is 0.0680. The summed E-state index contributed by atoms with van der Waals surface area (Å²) in [5, 5.41) is 11.5. The number of fused-ring (bicyclic) bond motifs is 1. The molecule has 18 heavy (non-hydrogen) atoms. The fourth-order valence-corrected chi connectivity index (χ4v) is 1.95. The Morgan fingerprint density at radius 2 is 1.78 bits per heavy atom. The van der Waals surface area contributed by atoms with Crippen LogP contribution in [0.15, 0.2) is 59.0 Å². The van der Waals surface area contributed by atoms with E-state index in [-0.39, 0.29) is 5.69 Å². The van der Waals surface area contributed by atoms with Crippen LogP contribution in [0.25, 0.3) is 22.3 Å². The van der Waals surface area contributed by atoms with Gasteiger partial charge in [0.1, 0.15) is 11.3 Å². The Morgan fingerprint density at radius 3 is 2.50 bits per heavy atom. The van der Waals surface area contributed by atoms with E-state index in [0.29, 0.717) is 16.7 Å². The topological polar surface area (TPSA) is 56.3 Å². The SMILES string of the molecule is O=[N+]([O-])c1cccc2oc(-c3ccccc3)cc12. The number of furan rings is 1. The molecule has 0 saturated heterocycles. The Kier molecular flexibility index (Phi) is 2.34. The number of nitrogens with zero attached hydrogens (tertiary/aromatic N) is 1. The second-order valence-electron chi connectivity index (χ2n) is 3.92. The van der Waals surface area contributed by atoms with Gasteiger partial charge >= 0.3 is 0 Å². The van der Waals surface area contributed by atoms with E-state index in [4.69, 9.17) is 4.42 Å². The molecule has 0 saturated carbocycles. The van der Waals surface area contributed by atoms with Gasteiger partial charge in [0.05, 0.1) is 10.3 Å². The maximum atomic E-state index is 10.9. The van der Waals surface area contributed by atoms with Crippen molar-refractivity contribution in [2.75, 3.05) is 0 Å². The zero-order chi connectivity index (χ0) is 12.5. The van der Waals surface area contributed by atoms with E-state index in [1.165, 1.54) is 6.07 Å². The normalized spacial score (nSPS) is 10.7. The molecular formula is C14H9NO3. The van der Waals surface area contributed by atoms with Gasteiger partial charge in [-0.1, -0.05) is 36.4 Å². The average Bonchev–Trinajstić information content (AvgIpc) is 2.83. The van der Waals surface area contributed by atoms with Gasteiger partial charge in [0, 0.05) is 11.6 Å². The molecule has 4 nitrogen and oxygen atoms in total. The second kappa shape index (κ2) is 4.00. The van der Waals surface area contributed by atoms with Gasteiger partial charge in [-0.3, -0.25) is 10.1 Å². The third kappa shape index (κ3) is 1.64. The van der Waals surface area contributed by atoms with E-state index in [9.17, 15) is 10.1 Å². The van der Waals surface area contributed by atoms with Crippen molar-refractivity contribution in [2.24, 2.45) is 0 Å². The summed E-state index contributed by atoms with van der Waals surface area (Å²) < 4.78 is 5.64. The maximum Gasteiger partial charge on any atom is 0.280 e. The lowest BCUT2D eigenvalue weighted by Crippen LogP contribution is -1.86. The van der Waals surface area contributed by atoms with Gasteiger partial charge in [-0.25, -0.2) is 0 Å². The lowest BCUT2D eigenvalue weighted by Gasteiger charge is -1.93. The van der Waals surface area contributed by atoms with Gasteiger partial charge in [-0.05, 0) is 12.1 Å². The summed E-state index contributed by atoms with van der Waals surface area (Å²) in [6.07, 6.45) is 0. The molecule has 0 amide bonds. The Labute approximate surface area is 103 Å². The van der Waals surface area contributed by atoms with E-state index >= 15 is 0 Å². The molecule has 0 aliphatic heterocycles. The van der Waals surface area contributed by atoms with E-state index < -0.39 is 4.92 Å². The van der Waals surface area contributed by atoms with E-state index in [1.807, 2.05) is 30.3 Å². The van der Waals surface area contributed by atoms with Crippen molar-refractivity contribution in [3.05, 3.63) is 64.7 Å². The van der Waals surface area contributed by atoms with Crippen molar-refractivity contribution in [1.82, 2.24) is 0 Å². The largest absolute Gasteiger partial charge is 0.456 e. The van der Waals surface area contributed by atoms with Crippen molar-refractivity contribution in [1.29, 1.82) is 0 Å². The minimum Gasteiger partial charge on any atom is -0.456 e. The van der Waals surface area contributed by atoms with Gasteiger partial charge in [-0.2, -0.15) is 0 Å². The Bertz CT molecular complexity index is 716. The number of hydrogen-bond donors (Lipinski definition) is 0. The minimum atomic E-state index is -0.396. The average molecular weight is 239 g/mol. The standard InChI is InChI=1S/C14H9NO3/c16-15(17)12-7-4-8-13-11(12)9-14(18-13)10-5-2-1-3-6-10/h1-9H. The number of nitro benzene ring substituents is 1. The number of nitro groups is 1. The van der Waals surface area contributed by atoms with Crippen LogP contribution in [0.2, 0.25) is 0 Å². The van der Waals surface area contributed by atoms with Crippen LogP contribution in [-0.4, -0.2) is 4.92 Å². The highest BCUT2D eigenvalue weighted by molar-refractivity contribution is 5.90. The van der Waals surface area contributed by atoms with Crippen LogP contribution in [0.3, 0.4) is 0 Å². The van der Waals surface area contributed by atoms with Gasteiger partial charge in [0.25, 0.3) is 5.69 Å². The van der Waals surface area contributed by atoms with E-state index in [2.05, 4.69) is 0 Å². The summed E-state index contributed by atoms with van der Waals surface area (Å²) in [6, 6.07) is 16.1. The Hall–Kier alpha value is -2.62. The smallest absolute Gasteiger partial charge is 0.280 e. The van der Waals surface area contributed by atoms with E-state index in [0.717, 1.165) is 5.56 Å². The number of rotatable bonds is 2. The molecule has 3 rings (SSSR count). The van der Waals surface area contributed by atoms with Crippen LogP contribution >= 0.6 is 0 Å². The van der Waals surface area contributed by atoms with Crippen LogP contribution in [-0.2, 0) is 0 Å². The zero-order valence-corrected chi connectivity index (χ0v) is 9.37. The predicted molar refractivity (Wildman–Crippen MR) is 68.3 cm³/mol. The summed E-state index contributed by atoms with van der Waals surface area (Å²) in [4.78, 5) is 10.5. The maximum absolute atomic E-state index is 10.9. The summed E-state index contributed by atoms with van der Waals surface area (Å²) in [7, 11) is 0. The molecule has 0 radical (unpaired) electrons. The monoisotopic (exact) mass is 239 g/mol. The molecule has 0 atom stereocenters. The summed E-state index contributed by atoms with van der Waals surface area (Å²) in [5.41, 5.74) is 1.50. The molecule has 2 aromatic carbocycles. The lowest BCUT2D eigenvalue weighted by atomic mass is 10.1. The molecule has 0 bridgehead atoms. The quantitative estimate of drug-likeness (QED) is 0.501. The summed E-state index contributed by atoms with van der Waals surface area (Å²) in [5.74, 6) is 0.639. The molecule has 0 spiro atoms. The highest BCUT2D eigenvalue weighted by Crippen LogP contribution is 2.32. The fourth-order valence-electron chi connectivity index (χ4n) is 1.95. The summed E-state index contributed by atoms with van der Waals surface area (Å²) >= 11 is 0. The first-order valence-corrected chi connectivity index (χ1v) is 5.48. The van der Waals surface area contributed by atoms with Gasteiger partial charge in [-0.15, -0.1) is 0 Å². The molecule has 0 fully saturated rings. The second-order valence-corrected chi connectivity index (χ2v) is 3.92. The molecule has 0 N–H and O–H groups in total. The van der Waals surface area contributed by atoms with Gasteiger partial charge in [0.2, 0.25) is 0 Å². The Morgan fingerprint density at radius 1 is 1.00 bits per heavy atom. The van der Waals surface area contributed by atoms with Crippen molar-refractivity contribution < 1.29 is 9.34 Å². The molecule has 0 unspecified atom stereocenters. The molecule has 0 aliphatic rings. The van der Waals surface area contributed by atoms with Crippen molar-refractivity contribution >= 4 is 16.7 Å². The molecule has 3 aromatic rings. The zero-order valence-electron chi connectivity index (χ0n) is 9.37. The molecule has 0 aliphatic carbocycles. The first kappa shape index (κ1) is 10.5. The van der Waals surface area contributed by atoms with Crippen LogP contribution in [0, 0.1) is 10.1 Å². The van der Waals surface area contributed by atoms with Crippen LogP contribution in [0.4, 0.5) is 5.69 Å². The molecule has 1 heterocycles. The Balaban J connectivity index is 2.23. The number of benzene rings is 2. The third-order valence-electron chi connectivity index (χ3n) is 2.79. The molecule has 88 valence electrons. The fraction of sp³-hybridized carbons (Fsp3) is 0. The third-order valence-corrected chi connectivity index (χ3v) is 2.79. The predicted octanol–water partition coefficient (Wildman–Crippen LogP) is 4.01. The highest BCUT2D eigenvalue weighted by Gasteiger charge is 2.15. The molecule has 4 heteroatoms. The van der Waals surface area contributed by atoms with Gasteiger partial charge in [0.15, 0.2) is 0 Å².